The molecule has 0 aliphatic carbocycles. The number of piperidine rings is 1. The average Bonchev–Trinajstić information content (AvgIpc) is 2.65. The van der Waals surface area contributed by atoms with E-state index >= 15 is 0 Å². The summed E-state index contributed by atoms with van der Waals surface area (Å²) in [4.78, 5) is 13.9. The fraction of sp³-hybridized carbons (Fsp3) is 0.350. The summed E-state index contributed by atoms with van der Waals surface area (Å²) >= 11 is 3.44. The lowest BCUT2D eigenvalue weighted by molar-refractivity contribution is 0.0574. The zero-order valence-corrected chi connectivity index (χ0v) is 15.8. The molecule has 0 aromatic heterocycles. The number of carbonyl (C=O) groups excluding carboxylic acids is 1. The predicted octanol–water partition coefficient (Wildman–Crippen LogP) is 4.84. The highest BCUT2D eigenvalue weighted by Gasteiger charge is 2.34. The second-order valence-corrected chi connectivity index (χ2v) is 6.98. The molecule has 1 aliphatic heterocycles. The summed E-state index contributed by atoms with van der Waals surface area (Å²) < 4.78 is 12.5. The molecule has 4 nitrogen and oxygen atoms in total. The normalized spacial score (nSPS) is 20.2. The van der Waals surface area contributed by atoms with Crippen LogP contribution in [0.4, 0.5) is 4.79 Å². The van der Waals surface area contributed by atoms with Crippen molar-refractivity contribution in [2.45, 2.75) is 25.4 Å². The third-order valence-electron chi connectivity index (χ3n) is 4.40. The molecule has 1 amide bonds. The first-order valence-corrected chi connectivity index (χ1v) is 9.35. The molecule has 0 unspecified atom stereocenters. The zero-order valence-electron chi connectivity index (χ0n) is 14.2. The minimum Gasteiger partial charge on any atom is -0.490 e. The largest absolute Gasteiger partial charge is 0.490 e. The predicted molar refractivity (Wildman–Crippen MR) is 101 cm³/mol. The lowest BCUT2D eigenvalue weighted by Crippen LogP contribution is -2.47. The van der Waals surface area contributed by atoms with Gasteiger partial charge in [-0.1, -0.05) is 46.3 Å². The third kappa shape index (κ3) is 4.54. The smallest absolute Gasteiger partial charge is 0.409 e. The van der Waals surface area contributed by atoms with Crippen molar-refractivity contribution in [2.24, 2.45) is 0 Å². The van der Waals surface area contributed by atoms with Gasteiger partial charge in [-0.25, -0.2) is 4.79 Å². The van der Waals surface area contributed by atoms with Gasteiger partial charge >= 0.3 is 6.09 Å². The van der Waals surface area contributed by atoms with Crippen LogP contribution >= 0.6 is 15.9 Å². The number of amides is 1. The molecule has 1 saturated heterocycles. The summed E-state index contributed by atoms with van der Waals surface area (Å²) in [7, 11) is 0. The van der Waals surface area contributed by atoms with E-state index < -0.39 is 0 Å². The Bertz CT molecular complexity index is 690. The Morgan fingerprint density at radius 3 is 2.56 bits per heavy atom. The Morgan fingerprint density at radius 2 is 1.88 bits per heavy atom. The van der Waals surface area contributed by atoms with Crippen LogP contribution in [0, 0.1) is 0 Å². The van der Waals surface area contributed by atoms with Crippen LogP contribution in [0.2, 0.25) is 0 Å². The fourth-order valence-corrected chi connectivity index (χ4v) is 3.42. The summed E-state index contributed by atoms with van der Waals surface area (Å²) in [5.74, 6) is 0.960. The second-order valence-electron chi connectivity index (χ2n) is 6.06. The minimum atomic E-state index is -0.245. The highest BCUT2D eigenvalue weighted by molar-refractivity contribution is 9.10. The van der Waals surface area contributed by atoms with E-state index in [0.29, 0.717) is 19.7 Å². The first kappa shape index (κ1) is 17.8. The van der Waals surface area contributed by atoms with E-state index in [1.165, 1.54) is 5.56 Å². The lowest BCUT2D eigenvalue weighted by Gasteiger charge is -2.38. The number of benzene rings is 2. The molecule has 1 heterocycles. The average molecular weight is 404 g/mol. The Kier molecular flexibility index (Phi) is 5.97. The number of likely N-dealkylation sites (tertiary alicyclic amines) is 1. The van der Waals surface area contributed by atoms with Gasteiger partial charge in [-0.05, 0) is 36.8 Å². The molecule has 2 aromatic rings. The van der Waals surface area contributed by atoms with E-state index in [-0.39, 0.29) is 18.1 Å². The molecule has 0 radical (unpaired) electrons. The van der Waals surface area contributed by atoms with Crippen molar-refractivity contribution >= 4 is 22.0 Å². The first-order chi connectivity index (χ1) is 12.2. The van der Waals surface area contributed by atoms with Crippen LogP contribution in [0.25, 0.3) is 0 Å². The molecule has 0 spiro atoms. The van der Waals surface area contributed by atoms with Crippen LogP contribution in [0.15, 0.2) is 59.1 Å². The molecule has 1 fully saturated rings. The van der Waals surface area contributed by atoms with Gasteiger partial charge in [-0.3, -0.25) is 0 Å². The number of halogens is 1. The summed E-state index contributed by atoms with van der Waals surface area (Å²) in [6, 6.07) is 18.1. The number of ether oxygens (including phenoxy) is 2. The van der Waals surface area contributed by atoms with E-state index in [1.54, 1.807) is 4.90 Å². The highest BCUT2D eigenvalue weighted by Crippen LogP contribution is 2.31. The van der Waals surface area contributed by atoms with Crippen molar-refractivity contribution in [1.29, 1.82) is 0 Å². The van der Waals surface area contributed by atoms with E-state index in [0.717, 1.165) is 16.6 Å². The number of nitrogens with zero attached hydrogens (tertiary/aromatic N) is 1. The Balaban J connectivity index is 1.79. The first-order valence-electron chi connectivity index (χ1n) is 8.56. The van der Waals surface area contributed by atoms with Gasteiger partial charge in [0.1, 0.15) is 11.9 Å². The van der Waals surface area contributed by atoms with Gasteiger partial charge < -0.3 is 14.4 Å². The van der Waals surface area contributed by atoms with Gasteiger partial charge in [0.25, 0.3) is 0 Å². The number of hydrogen-bond donors (Lipinski definition) is 0. The summed E-state index contributed by atoms with van der Waals surface area (Å²) in [5.41, 5.74) is 1.18. The number of carbonyl (C=O) groups is 1. The second kappa shape index (κ2) is 8.39. The van der Waals surface area contributed by atoms with Gasteiger partial charge in [-0.15, -0.1) is 0 Å². The molecule has 132 valence electrons. The molecule has 2 atom stereocenters. The van der Waals surface area contributed by atoms with Crippen LogP contribution in [0.1, 0.15) is 24.8 Å². The number of rotatable bonds is 4. The van der Waals surface area contributed by atoms with Gasteiger partial charge in [0.2, 0.25) is 0 Å². The molecule has 1 aliphatic rings. The molecular formula is C20H22BrNO3. The molecule has 0 saturated carbocycles. The SMILES string of the molecule is CCOC(=O)N1CC[C@@H](Oc2ccc(Br)cc2)[C@@H](c2ccccc2)C1. The van der Waals surface area contributed by atoms with E-state index in [4.69, 9.17) is 9.47 Å². The summed E-state index contributed by atoms with van der Waals surface area (Å²) in [5, 5.41) is 0. The standard InChI is InChI=1S/C20H22BrNO3/c1-2-24-20(23)22-13-12-19(25-17-10-8-16(21)9-11-17)18(14-22)15-6-4-3-5-7-15/h3-11,18-19H,2,12-14H2,1H3/t18-,19-/m1/s1. The van der Waals surface area contributed by atoms with Crippen molar-refractivity contribution in [2.75, 3.05) is 19.7 Å². The molecule has 5 heteroatoms. The van der Waals surface area contributed by atoms with Crippen LogP contribution in [-0.4, -0.2) is 36.8 Å². The van der Waals surface area contributed by atoms with Crippen molar-refractivity contribution < 1.29 is 14.3 Å². The summed E-state index contributed by atoms with van der Waals surface area (Å²) in [6.07, 6.45) is 0.550. The number of hydrogen-bond acceptors (Lipinski definition) is 3. The van der Waals surface area contributed by atoms with Crippen LogP contribution in [0.3, 0.4) is 0 Å². The third-order valence-corrected chi connectivity index (χ3v) is 4.93. The maximum atomic E-state index is 12.1. The van der Waals surface area contributed by atoms with Crippen LogP contribution in [0.5, 0.6) is 5.75 Å². The summed E-state index contributed by atoms with van der Waals surface area (Å²) in [6.45, 7) is 3.47. The lowest BCUT2D eigenvalue weighted by atomic mass is 9.88. The minimum absolute atomic E-state index is 0.0225. The maximum absolute atomic E-state index is 12.1. The van der Waals surface area contributed by atoms with Gasteiger partial charge in [0, 0.05) is 29.9 Å². The highest BCUT2D eigenvalue weighted by atomic mass is 79.9. The maximum Gasteiger partial charge on any atom is 0.409 e. The Morgan fingerprint density at radius 1 is 1.16 bits per heavy atom. The molecule has 0 bridgehead atoms. The Hall–Kier alpha value is -2.01. The van der Waals surface area contributed by atoms with E-state index in [1.807, 2.05) is 49.4 Å². The van der Waals surface area contributed by atoms with E-state index in [2.05, 4.69) is 28.1 Å². The Labute approximate surface area is 156 Å². The topological polar surface area (TPSA) is 38.8 Å². The van der Waals surface area contributed by atoms with Crippen molar-refractivity contribution in [3.63, 3.8) is 0 Å². The van der Waals surface area contributed by atoms with Crippen molar-refractivity contribution in [3.8, 4) is 5.75 Å². The fourth-order valence-electron chi connectivity index (χ4n) is 3.16. The molecule has 3 rings (SSSR count). The van der Waals surface area contributed by atoms with Gasteiger partial charge in [0.15, 0.2) is 0 Å². The van der Waals surface area contributed by atoms with E-state index in [9.17, 15) is 4.79 Å². The van der Waals surface area contributed by atoms with Gasteiger partial charge in [0.05, 0.1) is 6.61 Å². The molecule has 2 aromatic carbocycles. The van der Waals surface area contributed by atoms with Crippen molar-refractivity contribution in [1.82, 2.24) is 4.90 Å². The monoisotopic (exact) mass is 403 g/mol. The zero-order chi connectivity index (χ0) is 17.6. The van der Waals surface area contributed by atoms with Crippen LogP contribution < -0.4 is 4.74 Å². The molecule has 0 N–H and O–H groups in total. The van der Waals surface area contributed by atoms with Crippen LogP contribution in [-0.2, 0) is 4.74 Å². The van der Waals surface area contributed by atoms with Crippen molar-refractivity contribution in [3.05, 3.63) is 64.6 Å². The van der Waals surface area contributed by atoms with Gasteiger partial charge in [-0.2, -0.15) is 0 Å². The quantitative estimate of drug-likeness (QED) is 0.732. The molecule has 25 heavy (non-hydrogen) atoms. The molecular weight excluding hydrogens is 382 g/mol.